The third-order valence-corrected chi connectivity index (χ3v) is 4.21. The number of carbonyl (C=O) groups is 4. The SMILES string of the molecule is COC(=O)CN(CC(=O)OC)C(=O)c1ccc(OCC(=O)Nc2cccc(OC)c2)cc1. The van der Waals surface area contributed by atoms with Gasteiger partial charge in [0.25, 0.3) is 11.8 Å². The molecule has 32 heavy (non-hydrogen) atoms. The van der Waals surface area contributed by atoms with E-state index in [1.807, 2.05) is 0 Å². The van der Waals surface area contributed by atoms with E-state index in [9.17, 15) is 19.2 Å². The third-order valence-electron chi connectivity index (χ3n) is 4.21. The predicted octanol–water partition coefficient (Wildman–Crippen LogP) is 1.50. The summed E-state index contributed by atoms with van der Waals surface area (Å²) in [7, 11) is 3.89. The summed E-state index contributed by atoms with van der Waals surface area (Å²) in [6, 6.07) is 12.8. The van der Waals surface area contributed by atoms with Crippen molar-refractivity contribution in [1.82, 2.24) is 4.90 Å². The number of nitrogens with zero attached hydrogens (tertiary/aromatic N) is 1. The zero-order valence-electron chi connectivity index (χ0n) is 18.0. The monoisotopic (exact) mass is 444 g/mol. The summed E-state index contributed by atoms with van der Waals surface area (Å²) in [5.41, 5.74) is 0.779. The fourth-order valence-corrected chi connectivity index (χ4v) is 2.56. The van der Waals surface area contributed by atoms with E-state index in [0.29, 0.717) is 17.2 Å². The number of nitrogens with one attached hydrogen (secondary N) is 1. The zero-order chi connectivity index (χ0) is 23.5. The first-order valence-corrected chi connectivity index (χ1v) is 9.46. The maximum Gasteiger partial charge on any atom is 0.325 e. The highest BCUT2D eigenvalue weighted by atomic mass is 16.5. The second kappa shape index (κ2) is 11.9. The summed E-state index contributed by atoms with van der Waals surface area (Å²) in [6.07, 6.45) is 0. The average molecular weight is 444 g/mol. The van der Waals surface area contributed by atoms with Crippen LogP contribution in [0.15, 0.2) is 48.5 Å². The molecule has 0 aromatic heterocycles. The molecule has 10 nitrogen and oxygen atoms in total. The topological polar surface area (TPSA) is 120 Å². The minimum absolute atomic E-state index is 0.214. The molecule has 0 spiro atoms. The van der Waals surface area contributed by atoms with Crippen LogP contribution in [-0.2, 0) is 23.9 Å². The number of rotatable bonds is 10. The van der Waals surface area contributed by atoms with Gasteiger partial charge in [0, 0.05) is 17.3 Å². The molecule has 1 N–H and O–H groups in total. The number of carbonyl (C=O) groups excluding carboxylic acids is 4. The fourth-order valence-electron chi connectivity index (χ4n) is 2.56. The lowest BCUT2D eigenvalue weighted by Gasteiger charge is -2.20. The van der Waals surface area contributed by atoms with Crippen molar-refractivity contribution in [3.05, 3.63) is 54.1 Å². The van der Waals surface area contributed by atoms with E-state index < -0.39 is 30.9 Å². The van der Waals surface area contributed by atoms with Gasteiger partial charge < -0.3 is 29.2 Å². The molecule has 0 aliphatic carbocycles. The lowest BCUT2D eigenvalue weighted by molar-refractivity contribution is -0.144. The molecule has 2 rings (SSSR count). The van der Waals surface area contributed by atoms with Crippen LogP contribution in [0.25, 0.3) is 0 Å². The van der Waals surface area contributed by atoms with Crippen molar-refractivity contribution in [1.29, 1.82) is 0 Å². The molecule has 0 aliphatic rings. The number of hydrogen-bond acceptors (Lipinski definition) is 8. The second-order valence-corrected chi connectivity index (χ2v) is 6.41. The minimum Gasteiger partial charge on any atom is -0.497 e. The number of hydrogen-bond donors (Lipinski definition) is 1. The minimum atomic E-state index is -0.677. The van der Waals surface area contributed by atoms with Gasteiger partial charge in [0.1, 0.15) is 24.6 Å². The fraction of sp³-hybridized carbons (Fsp3) is 0.273. The molecule has 2 aromatic rings. The molecule has 170 valence electrons. The Bertz CT molecular complexity index is 941. The summed E-state index contributed by atoms with van der Waals surface area (Å²) in [4.78, 5) is 48.9. The van der Waals surface area contributed by atoms with Crippen LogP contribution in [0.1, 0.15) is 10.4 Å². The van der Waals surface area contributed by atoms with Gasteiger partial charge in [-0.2, -0.15) is 0 Å². The number of anilines is 1. The van der Waals surface area contributed by atoms with E-state index in [1.54, 1.807) is 24.3 Å². The molecule has 0 fully saturated rings. The molecule has 0 saturated carbocycles. The number of ether oxygens (including phenoxy) is 4. The van der Waals surface area contributed by atoms with Gasteiger partial charge in [-0.05, 0) is 36.4 Å². The Hall–Kier alpha value is -4.08. The van der Waals surface area contributed by atoms with Crippen LogP contribution in [0.5, 0.6) is 11.5 Å². The summed E-state index contributed by atoms with van der Waals surface area (Å²) in [5.74, 6) is -1.33. The maximum atomic E-state index is 12.7. The normalized spacial score (nSPS) is 9.97. The van der Waals surface area contributed by atoms with E-state index in [2.05, 4.69) is 14.8 Å². The Kier molecular flexibility index (Phi) is 9.03. The lowest BCUT2D eigenvalue weighted by atomic mass is 10.2. The van der Waals surface area contributed by atoms with Crippen LogP contribution in [0.4, 0.5) is 5.69 Å². The van der Waals surface area contributed by atoms with Gasteiger partial charge in [-0.3, -0.25) is 19.2 Å². The lowest BCUT2D eigenvalue weighted by Crippen LogP contribution is -2.40. The van der Waals surface area contributed by atoms with Crippen LogP contribution in [0.3, 0.4) is 0 Å². The molecule has 2 aromatic carbocycles. The molecule has 0 aliphatic heterocycles. The molecule has 0 saturated heterocycles. The molecule has 0 bridgehead atoms. The van der Waals surface area contributed by atoms with E-state index in [1.165, 1.54) is 45.6 Å². The maximum absolute atomic E-state index is 12.7. The standard InChI is InChI=1S/C22H24N2O8/c1-29-18-6-4-5-16(11-18)23-19(25)14-32-17-9-7-15(8-10-17)22(28)24(12-20(26)30-2)13-21(27)31-3/h4-11H,12-14H2,1-3H3,(H,23,25). The Morgan fingerprint density at radius 3 is 2.03 bits per heavy atom. The van der Waals surface area contributed by atoms with E-state index in [4.69, 9.17) is 9.47 Å². The van der Waals surface area contributed by atoms with Gasteiger partial charge in [0.2, 0.25) is 0 Å². The Morgan fingerprint density at radius 2 is 1.47 bits per heavy atom. The Balaban J connectivity index is 1.96. The van der Waals surface area contributed by atoms with Crippen molar-refractivity contribution in [3.8, 4) is 11.5 Å². The first-order chi connectivity index (χ1) is 15.4. The van der Waals surface area contributed by atoms with Gasteiger partial charge in [-0.15, -0.1) is 0 Å². The highest BCUT2D eigenvalue weighted by Gasteiger charge is 2.22. The van der Waals surface area contributed by atoms with Gasteiger partial charge in [0.15, 0.2) is 6.61 Å². The van der Waals surface area contributed by atoms with Crippen molar-refractivity contribution >= 4 is 29.4 Å². The van der Waals surface area contributed by atoms with E-state index in [0.717, 1.165) is 4.90 Å². The summed E-state index contributed by atoms with van der Waals surface area (Å²) in [6.45, 7) is -1.07. The summed E-state index contributed by atoms with van der Waals surface area (Å²) >= 11 is 0. The number of benzene rings is 2. The van der Waals surface area contributed by atoms with E-state index >= 15 is 0 Å². The Labute approximate surface area is 185 Å². The quantitative estimate of drug-likeness (QED) is 0.548. The summed E-state index contributed by atoms with van der Waals surface area (Å²) in [5, 5.41) is 2.69. The summed E-state index contributed by atoms with van der Waals surface area (Å²) < 4.78 is 19.7. The van der Waals surface area contributed by atoms with Crippen LogP contribution in [-0.4, -0.2) is 69.7 Å². The largest absolute Gasteiger partial charge is 0.497 e. The number of amides is 2. The van der Waals surface area contributed by atoms with Crippen LogP contribution >= 0.6 is 0 Å². The molecule has 0 atom stereocenters. The van der Waals surface area contributed by atoms with Crippen molar-refractivity contribution in [3.63, 3.8) is 0 Å². The molecule has 0 unspecified atom stereocenters. The zero-order valence-corrected chi connectivity index (χ0v) is 18.0. The second-order valence-electron chi connectivity index (χ2n) is 6.41. The average Bonchev–Trinajstić information content (AvgIpc) is 2.82. The van der Waals surface area contributed by atoms with Crippen molar-refractivity contribution in [2.45, 2.75) is 0 Å². The van der Waals surface area contributed by atoms with E-state index in [-0.39, 0.29) is 18.1 Å². The molecule has 10 heteroatoms. The van der Waals surface area contributed by atoms with Gasteiger partial charge in [0.05, 0.1) is 21.3 Å². The smallest absolute Gasteiger partial charge is 0.325 e. The number of esters is 2. The molecule has 0 heterocycles. The van der Waals surface area contributed by atoms with Crippen LogP contribution < -0.4 is 14.8 Å². The molecule has 2 amide bonds. The first-order valence-electron chi connectivity index (χ1n) is 9.46. The third kappa shape index (κ3) is 7.31. The Morgan fingerprint density at radius 1 is 0.844 bits per heavy atom. The van der Waals surface area contributed by atoms with Crippen LogP contribution in [0.2, 0.25) is 0 Å². The van der Waals surface area contributed by atoms with Gasteiger partial charge in [-0.1, -0.05) is 6.07 Å². The first kappa shape index (κ1) is 24.2. The van der Waals surface area contributed by atoms with Gasteiger partial charge >= 0.3 is 11.9 Å². The number of methoxy groups -OCH3 is 3. The van der Waals surface area contributed by atoms with Crippen molar-refractivity contribution in [2.75, 3.05) is 46.3 Å². The van der Waals surface area contributed by atoms with Gasteiger partial charge in [-0.25, -0.2) is 0 Å². The highest BCUT2D eigenvalue weighted by Crippen LogP contribution is 2.17. The van der Waals surface area contributed by atoms with Crippen molar-refractivity contribution in [2.24, 2.45) is 0 Å². The molecular weight excluding hydrogens is 420 g/mol. The molecular formula is C22H24N2O8. The van der Waals surface area contributed by atoms with Crippen molar-refractivity contribution < 1.29 is 38.1 Å². The molecule has 0 radical (unpaired) electrons. The highest BCUT2D eigenvalue weighted by molar-refractivity contribution is 5.98. The van der Waals surface area contributed by atoms with Crippen LogP contribution in [0, 0.1) is 0 Å². The predicted molar refractivity (Wildman–Crippen MR) is 113 cm³/mol.